The summed E-state index contributed by atoms with van der Waals surface area (Å²) in [5.41, 5.74) is 1.30. The largest absolute Gasteiger partial charge is 0.379 e. The van der Waals surface area contributed by atoms with Gasteiger partial charge in [-0.1, -0.05) is 12.1 Å². The van der Waals surface area contributed by atoms with Crippen molar-refractivity contribution < 1.29 is 4.74 Å². The Hall–Kier alpha value is -1.24. The normalized spacial score (nSPS) is 17.4. The van der Waals surface area contributed by atoms with E-state index in [4.69, 9.17) is 9.73 Å². The number of hydrogen-bond donors (Lipinski definition) is 1. The van der Waals surface area contributed by atoms with Crippen molar-refractivity contribution in [3.05, 3.63) is 29.8 Å². The lowest BCUT2D eigenvalue weighted by Crippen LogP contribution is -2.44. The van der Waals surface area contributed by atoms with E-state index in [9.17, 15) is 0 Å². The maximum Gasteiger partial charge on any atom is 0.194 e. The second-order valence-corrected chi connectivity index (χ2v) is 7.28. The minimum absolute atomic E-state index is 0.437. The Morgan fingerprint density at radius 1 is 1.32 bits per heavy atom. The molecule has 1 unspecified atom stereocenters. The van der Waals surface area contributed by atoms with Crippen LogP contribution < -0.4 is 5.32 Å². The van der Waals surface area contributed by atoms with Crippen molar-refractivity contribution in [1.29, 1.82) is 0 Å². The molecule has 0 aliphatic carbocycles. The van der Waals surface area contributed by atoms with Gasteiger partial charge in [0.25, 0.3) is 0 Å². The Kier molecular flexibility index (Phi) is 8.58. The highest BCUT2D eigenvalue weighted by Crippen LogP contribution is 2.15. The van der Waals surface area contributed by atoms with Crippen LogP contribution in [0.1, 0.15) is 19.4 Å². The molecule has 25 heavy (non-hydrogen) atoms. The number of ether oxygens (including phenoxy) is 1. The fourth-order valence-corrected chi connectivity index (χ4v) is 3.31. The summed E-state index contributed by atoms with van der Waals surface area (Å²) in [6.07, 6.45) is 2.10. The van der Waals surface area contributed by atoms with Gasteiger partial charge >= 0.3 is 0 Å². The second kappa shape index (κ2) is 10.7. The van der Waals surface area contributed by atoms with Crippen LogP contribution in [0.25, 0.3) is 0 Å². The molecule has 1 aromatic rings. The number of guanidine groups is 1. The SMILES string of the molecule is CCNC(=NCC(C)N1CCOCC1)N(C)Cc1ccc(SC)cc1. The summed E-state index contributed by atoms with van der Waals surface area (Å²) in [4.78, 5) is 10.8. The Labute approximate surface area is 156 Å². The molecule has 5 nitrogen and oxygen atoms in total. The number of thioether (sulfide) groups is 1. The number of hydrogen-bond acceptors (Lipinski definition) is 4. The molecule has 1 fully saturated rings. The smallest absolute Gasteiger partial charge is 0.194 e. The maximum atomic E-state index is 5.44. The molecule has 0 saturated carbocycles. The van der Waals surface area contributed by atoms with Crippen molar-refractivity contribution in [1.82, 2.24) is 15.1 Å². The average molecular weight is 365 g/mol. The maximum absolute atomic E-state index is 5.44. The molecule has 2 rings (SSSR count). The van der Waals surface area contributed by atoms with Crippen LogP contribution in [-0.4, -0.2) is 74.5 Å². The summed E-state index contributed by atoms with van der Waals surface area (Å²) >= 11 is 1.77. The third-order valence-electron chi connectivity index (χ3n) is 4.45. The molecule has 1 aliphatic rings. The van der Waals surface area contributed by atoms with E-state index in [2.05, 4.69) is 66.5 Å². The van der Waals surface area contributed by atoms with Crippen molar-refractivity contribution in [2.75, 3.05) is 52.7 Å². The van der Waals surface area contributed by atoms with E-state index in [1.807, 2.05) is 0 Å². The van der Waals surface area contributed by atoms with E-state index in [-0.39, 0.29) is 0 Å². The van der Waals surface area contributed by atoms with Gasteiger partial charge in [0.1, 0.15) is 0 Å². The van der Waals surface area contributed by atoms with Gasteiger partial charge in [0.15, 0.2) is 5.96 Å². The topological polar surface area (TPSA) is 40.1 Å². The molecule has 0 bridgehead atoms. The molecule has 1 heterocycles. The van der Waals surface area contributed by atoms with Crippen molar-refractivity contribution in [2.45, 2.75) is 31.3 Å². The summed E-state index contributed by atoms with van der Waals surface area (Å²) in [5, 5.41) is 3.41. The second-order valence-electron chi connectivity index (χ2n) is 6.40. The Morgan fingerprint density at radius 2 is 2.00 bits per heavy atom. The minimum atomic E-state index is 0.437. The van der Waals surface area contributed by atoms with E-state index >= 15 is 0 Å². The van der Waals surface area contributed by atoms with Crippen LogP contribution in [0.2, 0.25) is 0 Å². The van der Waals surface area contributed by atoms with Gasteiger partial charge in [-0.05, 0) is 37.8 Å². The summed E-state index contributed by atoms with van der Waals surface area (Å²) in [6, 6.07) is 9.19. The van der Waals surface area contributed by atoms with Gasteiger partial charge in [-0.3, -0.25) is 9.89 Å². The third kappa shape index (κ3) is 6.53. The summed E-state index contributed by atoms with van der Waals surface area (Å²) in [6.45, 7) is 10.6. The van der Waals surface area contributed by atoms with E-state index < -0.39 is 0 Å². The van der Waals surface area contributed by atoms with Crippen LogP contribution in [0.5, 0.6) is 0 Å². The molecule has 0 aromatic heterocycles. The quantitative estimate of drug-likeness (QED) is 0.457. The van der Waals surface area contributed by atoms with Gasteiger partial charge in [0.2, 0.25) is 0 Å². The number of nitrogens with zero attached hydrogens (tertiary/aromatic N) is 3. The van der Waals surface area contributed by atoms with Crippen molar-refractivity contribution in [2.24, 2.45) is 4.99 Å². The van der Waals surface area contributed by atoms with Crippen LogP contribution in [0.4, 0.5) is 0 Å². The first-order chi connectivity index (χ1) is 12.1. The van der Waals surface area contributed by atoms with E-state index in [0.29, 0.717) is 6.04 Å². The van der Waals surface area contributed by atoms with Crippen molar-refractivity contribution >= 4 is 17.7 Å². The molecule has 0 spiro atoms. The standard InChI is InChI=1S/C19H32N4OS/c1-5-20-19(21-14-16(2)23-10-12-24-13-11-23)22(3)15-17-6-8-18(25-4)9-7-17/h6-9,16H,5,10-15H2,1-4H3,(H,20,21). The third-order valence-corrected chi connectivity index (χ3v) is 5.19. The first-order valence-electron chi connectivity index (χ1n) is 9.08. The monoisotopic (exact) mass is 364 g/mol. The van der Waals surface area contributed by atoms with Gasteiger partial charge in [-0.15, -0.1) is 11.8 Å². The number of morpholine rings is 1. The molecule has 0 amide bonds. The molecule has 1 saturated heterocycles. The fraction of sp³-hybridized carbons (Fsp3) is 0.632. The first kappa shape index (κ1) is 20.1. The van der Waals surface area contributed by atoms with Gasteiger partial charge in [-0.25, -0.2) is 0 Å². The van der Waals surface area contributed by atoms with Crippen LogP contribution in [0, 0.1) is 0 Å². The highest BCUT2D eigenvalue weighted by molar-refractivity contribution is 7.98. The van der Waals surface area contributed by atoms with Crippen molar-refractivity contribution in [3.8, 4) is 0 Å². The lowest BCUT2D eigenvalue weighted by molar-refractivity contribution is 0.0220. The Balaban J connectivity index is 1.94. The zero-order valence-corrected chi connectivity index (χ0v) is 16.8. The molecule has 0 radical (unpaired) electrons. The van der Waals surface area contributed by atoms with Crippen LogP contribution in [0.15, 0.2) is 34.2 Å². The molecule has 1 aliphatic heterocycles. The number of aliphatic imine (C=N–C) groups is 1. The lowest BCUT2D eigenvalue weighted by atomic mass is 10.2. The lowest BCUT2D eigenvalue weighted by Gasteiger charge is -2.32. The highest BCUT2D eigenvalue weighted by Gasteiger charge is 2.17. The van der Waals surface area contributed by atoms with Crippen LogP contribution in [0.3, 0.4) is 0 Å². The molecule has 140 valence electrons. The highest BCUT2D eigenvalue weighted by atomic mass is 32.2. The van der Waals surface area contributed by atoms with E-state index in [1.165, 1.54) is 10.5 Å². The molecule has 1 N–H and O–H groups in total. The predicted octanol–water partition coefficient (Wildman–Crippen LogP) is 2.53. The van der Waals surface area contributed by atoms with Gasteiger partial charge in [0, 0.05) is 44.2 Å². The predicted molar refractivity (Wildman–Crippen MR) is 108 cm³/mol. The summed E-state index contributed by atoms with van der Waals surface area (Å²) in [5.74, 6) is 0.969. The first-order valence-corrected chi connectivity index (χ1v) is 10.3. The summed E-state index contributed by atoms with van der Waals surface area (Å²) in [7, 11) is 2.10. The molecule has 1 aromatic carbocycles. The van der Waals surface area contributed by atoms with Gasteiger partial charge < -0.3 is 15.0 Å². The Bertz CT molecular complexity index is 529. The van der Waals surface area contributed by atoms with Gasteiger partial charge in [-0.2, -0.15) is 0 Å². The molecular weight excluding hydrogens is 332 g/mol. The zero-order valence-electron chi connectivity index (χ0n) is 16.0. The number of nitrogens with one attached hydrogen (secondary N) is 1. The van der Waals surface area contributed by atoms with Crippen LogP contribution >= 0.6 is 11.8 Å². The molecule has 6 heteroatoms. The van der Waals surface area contributed by atoms with Crippen LogP contribution in [-0.2, 0) is 11.3 Å². The van der Waals surface area contributed by atoms with Gasteiger partial charge in [0.05, 0.1) is 19.8 Å². The van der Waals surface area contributed by atoms with Crippen molar-refractivity contribution in [3.63, 3.8) is 0 Å². The molecule has 1 atom stereocenters. The zero-order chi connectivity index (χ0) is 18.1. The number of benzene rings is 1. The summed E-state index contributed by atoms with van der Waals surface area (Å²) < 4.78 is 5.44. The average Bonchev–Trinajstić information content (AvgIpc) is 2.66. The molecular formula is C19H32N4OS. The van der Waals surface area contributed by atoms with E-state index in [0.717, 1.165) is 51.9 Å². The Morgan fingerprint density at radius 3 is 2.60 bits per heavy atom. The minimum Gasteiger partial charge on any atom is -0.379 e. The number of rotatable bonds is 7. The van der Waals surface area contributed by atoms with E-state index in [1.54, 1.807) is 11.8 Å². The fourth-order valence-electron chi connectivity index (χ4n) is 2.90.